The molecule has 0 saturated heterocycles. The monoisotopic (exact) mass is 824 g/mol. The molecule has 0 unspecified atom stereocenters. The molecule has 0 N–H and O–H groups in total. The van der Waals surface area contributed by atoms with Crippen LogP contribution in [0.25, 0.3) is 0 Å². The molecule has 0 heterocycles. The first-order valence-electron chi connectivity index (χ1n) is 15.4. The third-order valence-corrected chi connectivity index (χ3v) is 13.5. The summed E-state index contributed by atoms with van der Waals surface area (Å²) in [4.78, 5) is 0. The molecule has 0 aromatic heterocycles. The van der Waals surface area contributed by atoms with E-state index in [0.29, 0.717) is 34.5 Å². The van der Waals surface area contributed by atoms with Crippen molar-refractivity contribution in [2.75, 3.05) is 71.1 Å². The number of hydrogen-bond donors (Lipinski definition) is 0. The predicted molar refractivity (Wildman–Crippen MR) is 200 cm³/mol. The zero-order valence-corrected chi connectivity index (χ0v) is 34.8. The minimum absolute atomic E-state index is 0.132. The third-order valence-electron chi connectivity index (χ3n) is 7.73. The Bertz CT molecular complexity index is 1650. The molecule has 4 aromatic carbocycles. The van der Waals surface area contributed by atoms with E-state index in [2.05, 4.69) is 26.0 Å². The molecule has 10 nitrogen and oxygen atoms in total. The Balaban J connectivity index is 0.000000274. The van der Waals surface area contributed by atoms with E-state index in [9.17, 15) is 0 Å². The van der Waals surface area contributed by atoms with Crippen molar-refractivity contribution in [2.24, 2.45) is 0 Å². The van der Waals surface area contributed by atoms with Crippen LogP contribution in [-0.2, 0) is 0 Å². The quantitative estimate of drug-likeness (QED) is 0.174. The van der Waals surface area contributed by atoms with Crippen LogP contribution in [0.4, 0.5) is 0 Å². The second-order valence-electron chi connectivity index (χ2n) is 10.7. The van der Waals surface area contributed by atoms with E-state index in [1.54, 1.807) is 71.1 Å². The Morgan fingerprint density at radius 3 is 0.860 bits per heavy atom. The summed E-state index contributed by atoms with van der Waals surface area (Å²) in [6.07, 6.45) is 0. The van der Waals surface area contributed by atoms with Crippen molar-refractivity contribution in [3.8, 4) is 57.5 Å². The molecule has 0 aliphatic rings. The van der Waals surface area contributed by atoms with Crippen molar-refractivity contribution in [1.29, 1.82) is 0 Å². The van der Waals surface area contributed by atoms with E-state index in [1.807, 2.05) is 38.1 Å². The van der Waals surface area contributed by atoms with Gasteiger partial charge in [-0.3, -0.25) is 0 Å². The van der Waals surface area contributed by atoms with E-state index in [4.69, 9.17) is 47.4 Å². The van der Waals surface area contributed by atoms with Crippen molar-refractivity contribution in [3.05, 3.63) is 58.7 Å². The molecule has 0 amide bonds. The number of rotatable bonds is 14. The first kappa shape index (κ1) is 40.3. The summed E-state index contributed by atoms with van der Waals surface area (Å²) in [6, 6.07) is 12.1. The minimum atomic E-state index is -0.135. The van der Waals surface area contributed by atoms with Crippen LogP contribution in [0.2, 0.25) is 0 Å². The molecule has 50 heavy (non-hydrogen) atoms. The van der Waals surface area contributed by atoms with E-state index >= 15 is 0 Å². The Morgan fingerprint density at radius 2 is 0.580 bits per heavy atom. The summed E-state index contributed by atoms with van der Waals surface area (Å²) in [5.74, 6) is 6.82. The van der Waals surface area contributed by atoms with E-state index in [0.717, 1.165) is 43.0 Å². The fourth-order valence-electron chi connectivity index (χ4n) is 5.12. The van der Waals surface area contributed by atoms with E-state index in [1.165, 1.54) is 20.1 Å². The fraction of sp³-hybridized carbons (Fsp3) is 0.368. The van der Waals surface area contributed by atoms with E-state index in [-0.39, 0.29) is 29.9 Å². The van der Waals surface area contributed by atoms with Gasteiger partial charge in [0, 0.05) is 0 Å². The van der Waals surface area contributed by atoms with Gasteiger partial charge in [0.15, 0.2) is 0 Å². The van der Waals surface area contributed by atoms with Gasteiger partial charge in [-0.25, -0.2) is 0 Å². The molecule has 0 atom stereocenters. The maximum atomic E-state index is 5.69. The summed E-state index contributed by atoms with van der Waals surface area (Å²) in [5, 5.41) is 0. The number of aryl methyl sites for hydroxylation is 4. The SMILES string of the molecule is COc1cc(C)c([Se]c2c(C)cc(OC)c(OC)c2OC)c(OC)c1OC.COc1cc(C)c([Se]c2cc(OC)c(OC)cc2C)cc1OC. The Morgan fingerprint density at radius 1 is 0.300 bits per heavy atom. The van der Waals surface area contributed by atoms with Crippen molar-refractivity contribution < 1.29 is 47.4 Å². The van der Waals surface area contributed by atoms with Gasteiger partial charge in [0.25, 0.3) is 0 Å². The van der Waals surface area contributed by atoms with Gasteiger partial charge >= 0.3 is 310 Å². The van der Waals surface area contributed by atoms with Gasteiger partial charge in [0.2, 0.25) is 0 Å². The molecule has 0 spiro atoms. The summed E-state index contributed by atoms with van der Waals surface area (Å²) >= 11 is -0.00275. The van der Waals surface area contributed by atoms with Crippen LogP contribution in [0, 0.1) is 27.7 Å². The van der Waals surface area contributed by atoms with Gasteiger partial charge in [-0.05, 0) is 0 Å². The first-order valence-corrected chi connectivity index (χ1v) is 18.8. The van der Waals surface area contributed by atoms with Crippen LogP contribution in [-0.4, -0.2) is 101 Å². The average molecular weight is 823 g/mol. The van der Waals surface area contributed by atoms with Gasteiger partial charge in [0.05, 0.1) is 0 Å². The molecule has 0 saturated carbocycles. The third kappa shape index (κ3) is 8.79. The van der Waals surface area contributed by atoms with Gasteiger partial charge in [-0.1, -0.05) is 0 Å². The van der Waals surface area contributed by atoms with Crippen LogP contribution in [0.1, 0.15) is 22.3 Å². The first-order chi connectivity index (χ1) is 24.0. The zero-order chi connectivity index (χ0) is 37.1. The average Bonchev–Trinajstić information content (AvgIpc) is 3.13. The Hall–Kier alpha value is -4.08. The van der Waals surface area contributed by atoms with Gasteiger partial charge in [-0.2, -0.15) is 0 Å². The molecule has 0 aliphatic carbocycles. The van der Waals surface area contributed by atoms with Crippen molar-refractivity contribution in [3.63, 3.8) is 0 Å². The number of hydrogen-bond acceptors (Lipinski definition) is 10. The Kier molecular flexibility index (Phi) is 15.2. The number of methoxy groups -OCH3 is 10. The normalized spacial score (nSPS) is 10.4. The molecule has 0 radical (unpaired) electrons. The molecule has 4 rings (SSSR count). The standard InChI is InChI=1S/C20H26O6Se.C18H22O4Se/c1-11-9-13(21-3)15(23-5)17(25-7)19(11)27-20-12(2)10-14(22-4)16(24-6)18(20)26-8;1-11-7-13(19-3)15(21-5)9-17(11)23-18-10-16(22-6)14(20-4)8-12(18)2/h9-10H,1-8H3;7-10H,1-6H3. The Labute approximate surface area is 308 Å². The second kappa shape index (κ2) is 18.8. The van der Waals surface area contributed by atoms with Crippen LogP contribution in [0.3, 0.4) is 0 Å². The molecule has 0 fully saturated rings. The van der Waals surface area contributed by atoms with Gasteiger partial charge in [-0.15, -0.1) is 0 Å². The molecule has 12 heteroatoms. The second-order valence-corrected chi connectivity index (χ2v) is 15.1. The zero-order valence-electron chi connectivity index (χ0n) is 31.4. The van der Waals surface area contributed by atoms with Crippen molar-refractivity contribution >= 4 is 47.8 Å². The predicted octanol–water partition coefficient (Wildman–Crippen LogP) is 4.00. The van der Waals surface area contributed by atoms with Crippen LogP contribution >= 0.6 is 0 Å². The molecule has 4 aromatic rings. The summed E-state index contributed by atoms with van der Waals surface area (Å²) < 4.78 is 59.5. The maximum absolute atomic E-state index is 5.69. The summed E-state index contributed by atoms with van der Waals surface area (Å²) in [6.45, 7) is 8.25. The van der Waals surface area contributed by atoms with Crippen LogP contribution in [0.15, 0.2) is 36.4 Å². The van der Waals surface area contributed by atoms with Gasteiger partial charge in [0.1, 0.15) is 0 Å². The summed E-state index contributed by atoms with van der Waals surface area (Å²) in [7, 11) is 16.3. The fourth-order valence-corrected chi connectivity index (χ4v) is 9.72. The summed E-state index contributed by atoms with van der Waals surface area (Å²) in [5.41, 5.74) is 4.50. The number of ether oxygens (including phenoxy) is 10. The topological polar surface area (TPSA) is 92.3 Å². The molecular formula is C38H48O10Se2. The van der Waals surface area contributed by atoms with Crippen LogP contribution in [0.5, 0.6) is 57.5 Å². The molecule has 272 valence electrons. The van der Waals surface area contributed by atoms with Crippen molar-refractivity contribution in [1.82, 2.24) is 0 Å². The number of benzene rings is 4. The molecule has 0 aliphatic heterocycles. The van der Waals surface area contributed by atoms with Crippen LogP contribution < -0.4 is 65.2 Å². The van der Waals surface area contributed by atoms with Crippen molar-refractivity contribution in [2.45, 2.75) is 27.7 Å². The van der Waals surface area contributed by atoms with E-state index < -0.39 is 0 Å². The molecular weight excluding hydrogens is 774 g/mol. The van der Waals surface area contributed by atoms with Gasteiger partial charge < -0.3 is 0 Å². The molecule has 0 bridgehead atoms.